The Labute approximate surface area is 104 Å². The van der Waals surface area contributed by atoms with E-state index in [2.05, 4.69) is 47.1 Å². The first-order chi connectivity index (χ1) is 8.35. The van der Waals surface area contributed by atoms with Gasteiger partial charge in [-0.3, -0.25) is 4.90 Å². The van der Waals surface area contributed by atoms with Crippen molar-refractivity contribution in [1.82, 2.24) is 9.80 Å². The number of hydrogen-bond acceptors (Lipinski definition) is 2. The highest BCUT2D eigenvalue weighted by atomic mass is 15.2. The molecule has 1 aromatic rings. The molecular formula is C15H22N2. The van der Waals surface area contributed by atoms with Crippen molar-refractivity contribution in [1.29, 1.82) is 0 Å². The van der Waals surface area contributed by atoms with Crippen LogP contribution in [-0.4, -0.2) is 42.5 Å². The van der Waals surface area contributed by atoms with E-state index < -0.39 is 0 Å². The fourth-order valence-electron chi connectivity index (χ4n) is 3.42. The zero-order valence-corrected chi connectivity index (χ0v) is 10.7. The summed E-state index contributed by atoms with van der Waals surface area (Å²) >= 11 is 0. The molecule has 92 valence electrons. The quantitative estimate of drug-likeness (QED) is 0.784. The molecule has 0 bridgehead atoms. The summed E-state index contributed by atoms with van der Waals surface area (Å²) < 4.78 is 0. The SMILES string of the molecule is CCN1C[C@@H]2CN(Cc3ccccc3)C[C@@H]2C1. The number of hydrogen-bond donors (Lipinski definition) is 0. The Balaban J connectivity index is 1.56. The highest BCUT2D eigenvalue weighted by molar-refractivity contribution is 5.14. The van der Waals surface area contributed by atoms with E-state index >= 15 is 0 Å². The number of nitrogens with zero attached hydrogens (tertiary/aromatic N) is 2. The monoisotopic (exact) mass is 230 g/mol. The molecule has 2 atom stereocenters. The van der Waals surface area contributed by atoms with Crippen molar-refractivity contribution in [3.8, 4) is 0 Å². The van der Waals surface area contributed by atoms with Gasteiger partial charge < -0.3 is 4.90 Å². The average Bonchev–Trinajstić information content (AvgIpc) is 2.87. The Kier molecular flexibility index (Phi) is 3.17. The van der Waals surface area contributed by atoms with Crippen LogP contribution in [0.15, 0.2) is 30.3 Å². The van der Waals surface area contributed by atoms with Gasteiger partial charge in [0.2, 0.25) is 0 Å². The molecule has 2 heteroatoms. The molecule has 0 aliphatic carbocycles. The topological polar surface area (TPSA) is 6.48 Å². The first kappa shape index (κ1) is 11.2. The Bertz CT molecular complexity index is 348. The molecule has 2 aliphatic rings. The maximum atomic E-state index is 2.64. The van der Waals surface area contributed by atoms with Crippen molar-refractivity contribution in [2.24, 2.45) is 11.8 Å². The van der Waals surface area contributed by atoms with Crippen LogP contribution in [0.2, 0.25) is 0 Å². The summed E-state index contributed by atoms with van der Waals surface area (Å²) in [5.74, 6) is 1.86. The average molecular weight is 230 g/mol. The molecule has 3 rings (SSSR count). The lowest BCUT2D eigenvalue weighted by molar-refractivity contribution is 0.257. The molecule has 0 radical (unpaired) electrons. The minimum atomic E-state index is 0.929. The Morgan fingerprint density at radius 2 is 1.53 bits per heavy atom. The first-order valence-corrected chi connectivity index (χ1v) is 6.84. The first-order valence-electron chi connectivity index (χ1n) is 6.84. The molecule has 0 amide bonds. The van der Waals surface area contributed by atoms with E-state index in [1.165, 1.54) is 38.3 Å². The predicted molar refractivity (Wildman–Crippen MR) is 70.8 cm³/mol. The van der Waals surface area contributed by atoms with Crippen LogP contribution in [-0.2, 0) is 6.54 Å². The number of fused-ring (bicyclic) bond motifs is 1. The summed E-state index contributed by atoms with van der Waals surface area (Å²) in [6.07, 6.45) is 0. The maximum absolute atomic E-state index is 2.64. The van der Waals surface area contributed by atoms with Gasteiger partial charge in [0.1, 0.15) is 0 Å². The molecule has 0 N–H and O–H groups in total. The van der Waals surface area contributed by atoms with E-state index in [1.54, 1.807) is 0 Å². The van der Waals surface area contributed by atoms with Crippen LogP contribution in [0, 0.1) is 11.8 Å². The zero-order valence-electron chi connectivity index (χ0n) is 10.7. The lowest BCUT2D eigenvalue weighted by Gasteiger charge is -2.20. The number of benzene rings is 1. The van der Waals surface area contributed by atoms with E-state index in [9.17, 15) is 0 Å². The second-order valence-corrected chi connectivity index (χ2v) is 5.55. The van der Waals surface area contributed by atoms with Crippen molar-refractivity contribution in [2.45, 2.75) is 13.5 Å². The predicted octanol–water partition coefficient (Wildman–Crippen LogP) is 2.07. The molecule has 2 nitrogen and oxygen atoms in total. The van der Waals surface area contributed by atoms with Gasteiger partial charge in [-0.15, -0.1) is 0 Å². The summed E-state index contributed by atoms with van der Waals surface area (Å²) in [6, 6.07) is 10.9. The summed E-state index contributed by atoms with van der Waals surface area (Å²) in [4.78, 5) is 5.24. The van der Waals surface area contributed by atoms with E-state index in [0.717, 1.165) is 18.4 Å². The summed E-state index contributed by atoms with van der Waals surface area (Å²) in [7, 11) is 0. The molecule has 17 heavy (non-hydrogen) atoms. The van der Waals surface area contributed by atoms with E-state index in [-0.39, 0.29) is 0 Å². The van der Waals surface area contributed by atoms with E-state index in [4.69, 9.17) is 0 Å². The Morgan fingerprint density at radius 1 is 0.941 bits per heavy atom. The third-order valence-corrected chi connectivity index (χ3v) is 4.33. The van der Waals surface area contributed by atoms with Crippen molar-refractivity contribution in [3.63, 3.8) is 0 Å². The van der Waals surface area contributed by atoms with Crippen LogP contribution in [0.1, 0.15) is 12.5 Å². The Hall–Kier alpha value is -0.860. The van der Waals surface area contributed by atoms with Gasteiger partial charge in [0, 0.05) is 32.7 Å². The molecular weight excluding hydrogens is 208 g/mol. The second kappa shape index (κ2) is 4.79. The highest BCUT2D eigenvalue weighted by Gasteiger charge is 2.38. The van der Waals surface area contributed by atoms with Crippen LogP contribution in [0.25, 0.3) is 0 Å². The molecule has 2 heterocycles. The fourth-order valence-corrected chi connectivity index (χ4v) is 3.42. The normalized spacial score (nSPS) is 29.7. The molecule has 0 spiro atoms. The maximum Gasteiger partial charge on any atom is 0.0233 e. The lowest BCUT2D eigenvalue weighted by atomic mass is 10.0. The molecule has 0 aromatic heterocycles. The van der Waals surface area contributed by atoms with E-state index in [1.807, 2.05) is 0 Å². The second-order valence-electron chi connectivity index (χ2n) is 5.55. The fraction of sp³-hybridized carbons (Fsp3) is 0.600. The van der Waals surface area contributed by atoms with Gasteiger partial charge in [-0.2, -0.15) is 0 Å². The minimum absolute atomic E-state index is 0.929. The van der Waals surface area contributed by atoms with E-state index in [0.29, 0.717) is 0 Å². The molecule has 2 saturated heterocycles. The van der Waals surface area contributed by atoms with Gasteiger partial charge in [-0.25, -0.2) is 0 Å². The summed E-state index contributed by atoms with van der Waals surface area (Å²) in [5, 5.41) is 0. The number of likely N-dealkylation sites (tertiary alicyclic amines) is 2. The largest absolute Gasteiger partial charge is 0.303 e. The highest BCUT2D eigenvalue weighted by Crippen LogP contribution is 2.31. The van der Waals surface area contributed by atoms with Crippen LogP contribution in [0.4, 0.5) is 0 Å². The van der Waals surface area contributed by atoms with Gasteiger partial charge in [-0.05, 0) is 23.9 Å². The van der Waals surface area contributed by atoms with Gasteiger partial charge >= 0.3 is 0 Å². The molecule has 2 aliphatic heterocycles. The zero-order chi connectivity index (χ0) is 11.7. The lowest BCUT2D eigenvalue weighted by Crippen LogP contribution is -2.28. The molecule has 0 saturated carbocycles. The Morgan fingerprint density at radius 3 is 2.12 bits per heavy atom. The molecule has 0 unspecified atom stereocenters. The standard InChI is InChI=1S/C15H22N2/c1-2-16-9-14-11-17(12-15(14)10-16)8-13-6-4-3-5-7-13/h3-7,14-15H,2,8-12H2,1H3/t14-,15+. The molecule has 1 aromatic carbocycles. The minimum Gasteiger partial charge on any atom is -0.303 e. The summed E-state index contributed by atoms with van der Waals surface area (Å²) in [6.45, 7) is 9.90. The van der Waals surface area contributed by atoms with Crippen molar-refractivity contribution in [2.75, 3.05) is 32.7 Å². The number of rotatable bonds is 3. The summed E-state index contributed by atoms with van der Waals surface area (Å²) in [5.41, 5.74) is 1.46. The van der Waals surface area contributed by atoms with Crippen LogP contribution >= 0.6 is 0 Å². The smallest absolute Gasteiger partial charge is 0.0233 e. The van der Waals surface area contributed by atoms with Crippen LogP contribution in [0.5, 0.6) is 0 Å². The van der Waals surface area contributed by atoms with Crippen LogP contribution in [0.3, 0.4) is 0 Å². The van der Waals surface area contributed by atoms with Gasteiger partial charge in [0.05, 0.1) is 0 Å². The van der Waals surface area contributed by atoms with Gasteiger partial charge in [0.25, 0.3) is 0 Å². The van der Waals surface area contributed by atoms with Crippen LogP contribution < -0.4 is 0 Å². The van der Waals surface area contributed by atoms with Gasteiger partial charge in [0.15, 0.2) is 0 Å². The third kappa shape index (κ3) is 2.38. The van der Waals surface area contributed by atoms with Crippen molar-refractivity contribution < 1.29 is 0 Å². The molecule has 2 fully saturated rings. The third-order valence-electron chi connectivity index (χ3n) is 4.33. The van der Waals surface area contributed by atoms with Crippen molar-refractivity contribution in [3.05, 3.63) is 35.9 Å². The van der Waals surface area contributed by atoms with Crippen molar-refractivity contribution >= 4 is 0 Å². The van der Waals surface area contributed by atoms with Gasteiger partial charge in [-0.1, -0.05) is 37.3 Å².